The molecule has 4 aromatic rings. The lowest BCUT2D eigenvalue weighted by atomic mass is 10.1. The number of benzene rings is 3. The number of hydrogen-bond acceptors (Lipinski definition) is 6. The summed E-state index contributed by atoms with van der Waals surface area (Å²) in [6, 6.07) is 20.3. The second kappa shape index (κ2) is 10.2. The molecule has 0 N–H and O–H groups in total. The van der Waals surface area contributed by atoms with Crippen molar-refractivity contribution >= 4 is 11.6 Å². The molecule has 4 rings (SSSR count). The van der Waals surface area contributed by atoms with Crippen LogP contribution in [0.2, 0.25) is 0 Å². The van der Waals surface area contributed by atoms with Crippen LogP contribution in [0.5, 0.6) is 23.0 Å². The Bertz CT molecular complexity index is 1330. The molecule has 1 heterocycles. The topological polar surface area (TPSA) is 75.1 Å². The van der Waals surface area contributed by atoms with Crippen LogP contribution in [-0.2, 0) is 0 Å². The molecule has 0 aliphatic heterocycles. The molecule has 0 aliphatic carbocycles. The van der Waals surface area contributed by atoms with Crippen molar-refractivity contribution in [2.45, 2.75) is 0 Å². The molecule has 0 radical (unpaired) electrons. The SMILES string of the molecule is COc1ccc(-c2nn(-c3ccccc3)cc2C(=O)N(C)c2ccc(OC)c(OC)c2)c(OC)c1. The fraction of sp³-hybridized carbons (Fsp3) is 0.185. The Kier molecular flexibility index (Phi) is 6.91. The van der Waals surface area contributed by atoms with E-state index in [2.05, 4.69) is 0 Å². The number of carbonyl (C=O) groups is 1. The van der Waals surface area contributed by atoms with Crippen LogP contribution in [0.3, 0.4) is 0 Å². The van der Waals surface area contributed by atoms with Gasteiger partial charge < -0.3 is 23.8 Å². The van der Waals surface area contributed by atoms with Crippen LogP contribution in [0.15, 0.2) is 72.9 Å². The van der Waals surface area contributed by atoms with Crippen LogP contribution in [0.25, 0.3) is 16.9 Å². The van der Waals surface area contributed by atoms with Crippen molar-refractivity contribution < 1.29 is 23.7 Å². The van der Waals surface area contributed by atoms with Gasteiger partial charge in [0.15, 0.2) is 11.5 Å². The van der Waals surface area contributed by atoms with E-state index in [0.717, 1.165) is 5.69 Å². The quantitative estimate of drug-likeness (QED) is 0.364. The summed E-state index contributed by atoms with van der Waals surface area (Å²) in [6.45, 7) is 0. The van der Waals surface area contributed by atoms with Gasteiger partial charge in [-0.3, -0.25) is 4.79 Å². The molecule has 0 saturated carbocycles. The summed E-state index contributed by atoms with van der Waals surface area (Å²) in [6.07, 6.45) is 1.73. The highest BCUT2D eigenvalue weighted by Crippen LogP contribution is 2.36. The van der Waals surface area contributed by atoms with Gasteiger partial charge >= 0.3 is 0 Å². The molecular weight excluding hydrogens is 446 g/mol. The number of methoxy groups -OCH3 is 4. The molecule has 0 fully saturated rings. The van der Waals surface area contributed by atoms with Crippen molar-refractivity contribution in [3.05, 3.63) is 78.5 Å². The van der Waals surface area contributed by atoms with Crippen LogP contribution < -0.4 is 23.8 Å². The van der Waals surface area contributed by atoms with Gasteiger partial charge in [0.25, 0.3) is 5.91 Å². The third kappa shape index (κ3) is 4.63. The molecule has 0 spiro atoms. The van der Waals surface area contributed by atoms with Crippen molar-refractivity contribution in [1.29, 1.82) is 0 Å². The van der Waals surface area contributed by atoms with E-state index in [1.165, 1.54) is 0 Å². The second-order valence-electron chi connectivity index (χ2n) is 7.64. The molecular formula is C27H27N3O5. The van der Waals surface area contributed by atoms with Gasteiger partial charge in [0.1, 0.15) is 17.2 Å². The highest BCUT2D eigenvalue weighted by Gasteiger charge is 2.25. The van der Waals surface area contributed by atoms with Gasteiger partial charge in [0.2, 0.25) is 0 Å². The maximum absolute atomic E-state index is 13.8. The lowest BCUT2D eigenvalue weighted by Gasteiger charge is -2.19. The van der Waals surface area contributed by atoms with Gasteiger partial charge in [-0.25, -0.2) is 4.68 Å². The van der Waals surface area contributed by atoms with E-state index in [1.807, 2.05) is 42.5 Å². The first-order valence-corrected chi connectivity index (χ1v) is 10.9. The number of rotatable bonds is 8. The van der Waals surface area contributed by atoms with E-state index in [9.17, 15) is 4.79 Å². The van der Waals surface area contributed by atoms with E-state index in [4.69, 9.17) is 24.0 Å². The molecule has 0 unspecified atom stereocenters. The minimum absolute atomic E-state index is 0.243. The van der Waals surface area contributed by atoms with Gasteiger partial charge in [-0.15, -0.1) is 0 Å². The Labute approximate surface area is 204 Å². The molecule has 1 aromatic heterocycles. The molecule has 35 heavy (non-hydrogen) atoms. The first-order valence-electron chi connectivity index (χ1n) is 10.9. The van der Waals surface area contributed by atoms with E-state index in [0.29, 0.717) is 45.5 Å². The molecule has 3 aromatic carbocycles. The van der Waals surface area contributed by atoms with Crippen molar-refractivity contribution in [2.24, 2.45) is 0 Å². The van der Waals surface area contributed by atoms with Crippen LogP contribution in [0, 0.1) is 0 Å². The highest BCUT2D eigenvalue weighted by atomic mass is 16.5. The summed E-state index contributed by atoms with van der Waals surface area (Å²) in [4.78, 5) is 15.3. The Hall–Kier alpha value is -4.46. The molecule has 0 atom stereocenters. The Morgan fingerprint density at radius 3 is 2.17 bits per heavy atom. The monoisotopic (exact) mass is 473 g/mol. The third-order valence-electron chi connectivity index (χ3n) is 5.69. The summed E-state index contributed by atoms with van der Waals surface area (Å²) >= 11 is 0. The Balaban J connectivity index is 1.83. The number of aromatic nitrogens is 2. The Morgan fingerprint density at radius 2 is 1.51 bits per heavy atom. The lowest BCUT2D eigenvalue weighted by Crippen LogP contribution is -2.26. The van der Waals surface area contributed by atoms with Crippen LogP contribution in [0.4, 0.5) is 5.69 Å². The maximum Gasteiger partial charge on any atom is 0.261 e. The molecule has 1 amide bonds. The summed E-state index contributed by atoms with van der Waals surface area (Å²) in [5, 5.41) is 4.78. The fourth-order valence-electron chi connectivity index (χ4n) is 3.77. The van der Waals surface area contributed by atoms with Gasteiger partial charge in [-0.1, -0.05) is 18.2 Å². The molecule has 0 aliphatic rings. The predicted molar refractivity (Wildman–Crippen MR) is 134 cm³/mol. The van der Waals surface area contributed by atoms with Gasteiger partial charge in [-0.05, 0) is 36.4 Å². The predicted octanol–water partition coefficient (Wildman–Crippen LogP) is 4.85. The first-order chi connectivity index (χ1) is 17.0. The third-order valence-corrected chi connectivity index (χ3v) is 5.69. The number of anilines is 1. The van der Waals surface area contributed by atoms with Gasteiger partial charge in [0, 0.05) is 36.6 Å². The second-order valence-corrected chi connectivity index (χ2v) is 7.64. The normalized spacial score (nSPS) is 10.5. The van der Waals surface area contributed by atoms with Crippen molar-refractivity contribution in [3.8, 4) is 39.9 Å². The molecule has 8 nitrogen and oxygen atoms in total. The zero-order valence-corrected chi connectivity index (χ0v) is 20.3. The Morgan fingerprint density at radius 1 is 0.800 bits per heavy atom. The van der Waals surface area contributed by atoms with Gasteiger partial charge in [-0.2, -0.15) is 5.10 Å². The largest absolute Gasteiger partial charge is 0.497 e. The van der Waals surface area contributed by atoms with Crippen molar-refractivity contribution in [2.75, 3.05) is 40.4 Å². The summed E-state index contributed by atoms with van der Waals surface area (Å²) in [5.41, 5.74) is 3.05. The average molecular weight is 474 g/mol. The van der Waals surface area contributed by atoms with Crippen LogP contribution in [0.1, 0.15) is 10.4 Å². The molecule has 0 saturated heterocycles. The van der Waals surface area contributed by atoms with Gasteiger partial charge in [0.05, 0.1) is 39.7 Å². The summed E-state index contributed by atoms with van der Waals surface area (Å²) in [5.74, 6) is 2.06. The minimum atomic E-state index is -0.243. The standard InChI is InChI=1S/C27H27N3O5/c1-29(19-11-14-23(33-3)25(15-19)35-5)27(31)22-17-30(18-9-7-6-8-10-18)28-26(22)21-13-12-20(32-2)16-24(21)34-4/h6-17H,1-5H3. The number of hydrogen-bond donors (Lipinski definition) is 0. The molecule has 0 bridgehead atoms. The van der Waals surface area contributed by atoms with E-state index in [1.54, 1.807) is 75.5 Å². The van der Waals surface area contributed by atoms with E-state index < -0.39 is 0 Å². The fourth-order valence-corrected chi connectivity index (χ4v) is 3.77. The zero-order chi connectivity index (χ0) is 24.9. The lowest BCUT2D eigenvalue weighted by molar-refractivity contribution is 0.0993. The average Bonchev–Trinajstić information content (AvgIpc) is 3.37. The van der Waals surface area contributed by atoms with E-state index >= 15 is 0 Å². The van der Waals surface area contributed by atoms with Crippen molar-refractivity contribution in [3.63, 3.8) is 0 Å². The molecule has 8 heteroatoms. The zero-order valence-electron chi connectivity index (χ0n) is 20.3. The number of para-hydroxylation sites is 1. The highest BCUT2D eigenvalue weighted by molar-refractivity contribution is 6.09. The van der Waals surface area contributed by atoms with E-state index in [-0.39, 0.29) is 5.91 Å². The number of nitrogens with zero attached hydrogens (tertiary/aromatic N) is 3. The van der Waals surface area contributed by atoms with Crippen molar-refractivity contribution in [1.82, 2.24) is 9.78 Å². The summed E-state index contributed by atoms with van der Waals surface area (Å²) < 4.78 is 23.4. The molecule has 180 valence electrons. The number of ether oxygens (including phenoxy) is 4. The minimum Gasteiger partial charge on any atom is -0.497 e. The van der Waals surface area contributed by atoms with Crippen LogP contribution >= 0.6 is 0 Å². The number of carbonyl (C=O) groups excluding carboxylic acids is 1. The smallest absolute Gasteiger partial charge is 0.261 e. The number of amides is 1. The first kappa shape index (κ1) is 23.7. The maximum atomic E-state index is 13.8. The summed E-state index contributed by atoms with van der Waals surface area (Å²) in [7, 11) is 7.99. The van der Waals surface area contributed by atoms with Crippen LogP contribution in [-0.4, -0.2) is 51.2 Å².